The summed E-state index contributed by atoms with van der Waals surface area (Å²) in [5.41, 5.74) is 7.06. The summed E-state index contributed by atoms with van der Waals surface area (Å²) in [6.07, 6.45) is 10.9. The van der Waals surface area contributed by atoms with Gasteiger partial charge in [0.05, 0.1) is 21.3 Å². The van der Waals surface area contributed by atoms with Gasteiger partial charge in [-0.1, -0.05) is 175 Å². The third-order valence-corrected chi connectivity index (χ3v) is 17.2. The lowest BCUT2D eigenvalue weighted by molar-refractivity contribution is 0.573. The van der Waals surface area contributed by atoms with Crippen molar-refractivity contribution in [2.45, 2.75) is 101 Å². The van der Waals surface area contributed by atoms with Crippen molar-refractivity contribution in [3.05, 3.63) is 170 Å². The van der Waals surface area contributed by atoms with Gasteiger partial charge in [-0.2, -0.15) is 0 Å². The molecule has 0 atom stereocenters. The molecule has 0 radical (unpaired) electrons. The molecule has 0 aliphatic heterocycles. The molecular formula is C56H62N2O4S3. The van der Waals surface area contributed by atoms with E-state index >= 15 is 16.8 Å². The molecule has 0 N–H and O–H groups in total. The summed E-state index contributed by atoms with van der Waals surface area (Å²) in [6.45, 7) is 4.33. The van der Waals surface area contributed by atoms with Crippen molar-refractivity contribution in [2.75, 3.05) is 21.3 Å². The fraction of sp³-hybridized carbons (Fsp3) is 0.286. The molecule has 0 saturated carbocycles. The number of rotatable bonds is 24. The van der Waals surface area contributed by atoms with E-state index in [1.54, 1.807) is 0 Å². The van der Waals surface area contributed by atoms with Crippen LogP contribution in [0.2, 0.25) is 0 Å². The zero-order valence-corrected chi connectivity index (χ0v) is 40.3. The first-order valence-corrected chi connectivity index (χ1v) is 27.5. The van der Waals surface area contributed by atoms with Crippen LogP contribution in [0.5, 0.6) is 0 Å². The summed E-state index contributed by atoms with van der Waals surface area (Å²) in [6, 6.07) is 56.3. The van der Waals surface area contributed by atoms with Crippen molar-refractivity contribution in [3.63, 3.8) is 0 Å². The van der Waals surface area contributed by atoms with Gasteiger partial charge < -0.3 is 9.80 Å². The Balaban J connectivity index is 1.36. The molecule has 0 amide bonds. The predicted molar refractivity (Wildman–Crippen MR) is 275 cm³/mol. The molecule has 0 fully saturated rings. The molecule has 0 unspecified atom stereocenters. The SMILES string of the molecule is CCCCCCCCS(=O)(=O)c1c(-c2ccc(N(c3ccccc3)c3ccccc3)cc2)sc(-c2ccc(N(c3ccccc3)c3ccccc3)cc2)c1S(=O)(=O)CCCCCCCC. The Morgan fingerprint density at radius 3 is 0.892 bits per heavy atom. The number of nitrogens with zero attached hydrogens (tertiary/aromatic N) is 2. The van der Waals surface area contributed by atoms with E-state index in [1.807, 2.05) is 121 Å². The van der Waals surface area contributed by atoms with Crippen LogP contribution in [0.25, 0.3) is 20.9 Å². The van der Waals surface area contributed by atoms with Gasteiger partial charge in [-0.3, -0.25) is 0 Å². The van der Waals surface area contributed by atoms with Crippen LogP contribution in [0.1, 0.15) is 90.9 Å². The van der Waals surface area contributed by atoms with Crippen molar-refractivity contribution in [1.29, 1.82) is 0 Å². The second-order valence-corrected chi connectivity index (χ2v) is 21.8. The Morgan fingerprint density at radius 2 is 0.600 bits per heavy atom. The number of benzene rings is 6. The number of hydrogen-bond acceptors (Lipinski definition) is 7. The van der Waals surface area contributed by atoms with E-state index in [4.69, 9.17) is 0 Å². The van der Waals surface area contributed by atoms with E-state index < -0.39 is 19.7 Å². The lowest BCUT2D eigenvalue weighted by atomic mass is 10.1. The first-order valence-electron chi connectivity index (χ1n) is 23.4. The molecule has 6 aromatic carbocycles. The number of sulfone groups is 2. The number of unbranched alkanes of at least 4 members (excludes halogenated alkanes) is 10. The Hall–Kier alpha value is -5.48. The molecule has 0 aliphatic rings. The average Bonchev–Trinajstić information content (AvgIpc) is 3.77. The van der Waals surface area contributed by atoms with Gasteiger partial charge in [0.15, 0.2) is 19.7 Å². The normalized spacial score (nSPS) is 11.7. The zero-order valence-electron chi connectivity index (χ0n) is 37.8. The first-order chi connectivity index (χ1) is 31.7. The second-order valence-electron chi connectivity index (χ2n) is 16.7. The standard InChI is InChI=1S/C56H62N2O4S3/c1-3-5-7-9-11-25-43-64(59,60)55-53(45-35-39-51(40-36-45)57(47-27-17-13-18-28-47)48-29-19-14-20-30-48)63-54(56(55)65(61,62)44-26-12-10-8-6-4-2)46-37-41-52(42-38-46)58(49-31-21-15-22-32-49)50-33-23-16-24-34-50/h13-24,27-42H,3-12,25-26,43-44H2,1-2H3. The minimum absolute atomic E-state index is 0.0490. The molecule has 1 aromatic heterocycles. The maximum atomic E-state index is 15.0. The molecule has 6 nitrogen and oxygen atoms in total. The lowest BCUT2D eigenvalue weighted by Gasteiger charge is -2.25. The van der Waals surface area contributed by atoms with E-state index in [0.29, 0.717) is 33.7 Å². The van der Waals surface area contributed by atoms with Crippen molar-refractivity contribution in [1.82, 2.24) is 0 Å². The minimum Gasteiger partial charge on any atom is -0.311 e. The third kappa shape index (κ3) is 12.1. The van der Waals surface area contributed by atoms with E-state index in [2.05, 4.69) is 72.2 Å². The monoisotopic (exact) mass is 922 g/mol. The van der Waals surface area contributed by atoms with Gasteiger partial charge in [-0.25, -0.2) is 16.8 Å². The molecule has 7 rings (SSSR count). The van der Waals surface area contributed by atoms with Crippen molar-refractivity contribution in [2.24, 2.45) is 0 Å². The fourth-order valence-electron chi connectivity index (χ4n) is 8.42. The minimum atomic E-state index is -4.07. The quantitative estimate of drug-likeness (QED) is 0.0562. The van der Waals surface area contributed by atoms with Gasteiger partial charge >= 0.3 is 0 Å². The number of anilines is 6. The van der Waals surface area contributed by atoms with Gasteiger partial charge in [0.25, 0.3) is 0 Å². The lowest BCUT2D eigenvalue weighted by Crippen LogP contribution is -2.15. The molecule has 1 heterocycles. The fourth-order valence-corrected chi connectivity index (χ4v) is 14.6. The van der Waals surface area contributed by atoms with Gasteiger partial charge in [0.1, 0.15) is 9.79 Å². The van der Waals surface area contributed by atoms with Crippen LogP contribution in [0.3, 0.4) is 0 Å². The molecule has 0 spiro atoms. The van der Waals surface area contributed by atoms with E-state index in [0.717, 1.165) is 98.3 Å². The summed E-state index contributed by atoms with van der Waals surface area (Å²) >= 11 is 1.28. The van der Waals surface area contributed by atoms with Crippen LogP contribution in [0, 0.1) is 0 Å². The Labute approximate surface area is 392 Å². The maximum absolute atomic E-state index is 15.0. The molecule has 9 heteroatoms. The Kier molecular flexibility index (Phi) is 16.9. The summed E-state index contributed by atoms with van der Waals surface area (Å²) in [4.78, 5) is 5.14. The predicted octanol–water partition coefficient (Wildman–Crippen LogP) is 16.3. The van der Waals surface area contributed by atoms with Crippen LogP contribution in [0.4, 0.5) is 34.1 Å². The van der Waals surface area contributed by atoms with Crippen molar-refractivity contribution < 1.29 is 16.8 Å². The van der Waals surface area contributed by atoms with Crippen LogP contribution >= 0.6 is 11.3 Å². The summed E-state index contributed by atoms with van der Waals surface area (Å²) in [7, 11) is -8.14. The van der Waals surface area contributed by atoms with Crippen LogP contribution in [-0.2, 0) is 19.7 Å². The molecule has 0 saturated heterocycles. The summed E-state index contributed by atoms with van der Waals surface area (Å²) in [5.74, 6) is -0.227. The van der Waals surface area contributed by atoms with Gasteiger partial charge in [0, 0.05) is 34.1 Å². The van der Waals surface area contributed by atoms with E-state index in [9.17, 15) is 0 Å². The number of hydrogen-bond donors (Lipinski definition) is 0. The van der Waals surface area contributed by atoms with Crippen LogP contribution in [0.15, 0.2) is 180 Å². The Morgan fingerprint density at radius 1 is 0.338 bits per heavy atom. The molecule has 0 bridgehead atoms. The maximum Gasteiger partial charge on any atom is 0.181 e. The molecule has 7 aromatic rings. The van der Waals surface area contributed by atoms with Crippen molar-refractivity contribution >= 4 is 65.1 Å². The molecule has 65 heavy (non-hydrogen) atoms. The Bertz CT molecular complexity index is 2470. The summed E-state index contributed by atoms with van der Waals surface area (Å²) in [5, 5.41) is 0. The smallest absolute Gasteiger partial charge is 0.181 e. The molecule has 0 aliphatic carbocycles. The van der Waals surface area contributed by atoms with Gasteiger partial charge in [0.2, 0.25) is 0 Å². The zero-order chi connectivity index (χ0) is 45.5. The highest BCUT2D eigenvalue weighted by Gasteiger charge is 2.36. The highest BCUT2D eigenvalue weighted by molar-refractivity contribution is 7.95. The molecular weight excluding hydrogens is 861 g/mol. The van der Waals surface area contributed by atoms with Crippen LogP contribution in [-0.4, -0.2) is 28.3 Å². The first kappa shape index (κ1) is 47.5. The molecule has 338 valence electrons. The highest BCUT2D eigenvalue weighted by Crippen LogP contribution is 2.49. The topological polar surface area (TPSA) is 74.8 Å². The third-order valence-electron chi connectivity index (χ3n) is 11.8. The average molecular weight is 923 g/mol. The second kappa shape index (κ2) is 23.1. The number of thiophene rings is 1. The van der Waals surface area contributed by atoms with Gasteiger partial charge in [-0.15, -0.1) is 11.3 Å². The largest absolute Gasteiger partial charge is 0.311 e. The summed E-state index contributed by atoms with van der Waals surface area (Å²) < 4.78 is 60.0. The van der Waals surface area contributed by atoms with Crippen LogP contribution < -0.4 is 9.80 Å². The highest BCUT2D eigenvalue weighted by atomic mass is 32.2. The van der Waals surface area contributed by atoms with Gasteiger partial charge in [-0.05, 0) is 96.8 Å². The van der Waals surface area contributed by atoms with E-state index in [-0.39, 0.29) is 21.3 Å². The van der Waals surface area contributed by atoms with Crippen molar-refractivity contribution in [3.8, 4) is 20.9 Å². The van der Waals surface area contributed by atoms with E-state index in [1.165, 1.54) is 11.3 Å². The number of para-hydroxylation sites is 4.